The predicted molar refractivity (Wildman–Crippen MR) is 191 cm³/mol. The standard InChI is InChI=1S/C40H80O4/c1-3-5-7-9-11-13-15-17-19-20-21-22-24-26-28-30-32-34-36-43-38-39(37-41)44-40(42)35-33-31-29-27-25-23-18-16-14-12-10-8-6-4-2/h39,41H,3-38H2,1-2H3. The maximum Gasteiger partial charge on any atom is 0.306 e. The van der Waals surface area contributed by atoms with Crippen molar-refractivity contribution in [3.05, 3.63) is 0 Å². The molecule has 0 saturated carbocycles. The Hall–Kier alpha value is -0.610. The van der Waals surface area contributed by atoms with Gasteiger partial charge >= 0.3 is 5.97 Å². The molecule has 1 unspecified atom stereocenters. The van der Waals surface area contributed by atoms with Crippen molar-refractivity contribution in [1.29, 1.82) is 0 Å². The van der Waals surface area contributed by atoms with Crippen LogP contribution in [0.15, 0.2) is 0 Å². The zero-order valence-corrected chi connectivity index (χ0v) is 30.2. The highest BCUT2D eigenvalue weighted by Gasteiger charge is 2.13. The third-order valence-electron chi connectivity index (χ3n) is 9.18. The number of carbonyl (C=O) groups excluding carboxylic acids is 1. The molecule has 44 heavy (non-hydrogen) atoms. The van der Waals surface area contributed by atoms with Gasteiger partial charge in [-0.1, -0.05) is 206 Å². The smallest absolute Gasteiger partial charge is 0.306 e. The van der Waals surface area contributed by atoms with Crippen molar-refractivity contribution < 1.29 is 19.4 Å². The molecular weight excluding hydrogens is 544 g/mol. The van der Waals surface area contributed by atoms with Gasteiger partial charge < -0.3 is 14.6 Å². The molecule has 0 aromatic rings. The maximum absolute atomic E-state index is 12.2. The molecule has 0 saturated heterocycles. The van der Waals surface area contributed by atoms with Gasteiger partial charge in [0, 0.05) is 13.0 Å². The van der Waals surface area contributed by atoms with E-state index in [1.165, 1.54) is 186 Å². The molecule has 0 radical (unpaired) electrons. The fourth-order valence-electron chi connectivity index (χ4n) is 6.15. The summed E-state index contributed by atoms with van der Waals surface area (Å²) in [6.45, 7) is 5.39. The highest BCUT2D eigenvalue weighted by atomic mass is 16.6. The second kappa shape index (κ2) is 38.6. The van der Waals surface area contributed by atoms with E-state index < -0.39 is 6.10 Å². The van der Waals surface area contributed by atoms with Gasteiger partial charge in [0.05, 0.1) is 13.2 Å². The van der Waals surface area contributed by atoms with E-state index in [9.17, 15) is 9.90 Å². The van der Waals surface area contributed by atoms with Crippen LogP contribution in [-0.4, -0.2) is 37.0 Å². The van der Waals surface area contributed by atoms with Crippen LogP contribution in [0.25, 0.3) is 0 Å². The van der Waals surface area contributed by atoms with Gasteiger partial charge in [-0.15, -0.1) is 0 Å². The molecule has 0 heterocycles. The first kappa shape index (κ1) is 43.4. The molecule has 4 nitrogen and oxygen atoms in total. The summed E-state index contributed by atoms with van der Waals surface area (Å²) in [5.74, 6) is -0.195. The van der Waals surface area contributed by atoms with Crippen LogP contribution in [-0.2, 0) is 14.3 Å². The fourth-order valence-corrected chi connectivity index (χ4v) is 6.15. The third-order valence-corrected chi connectivity index (χ3v) is 9.18. The molecule has 0 amide bonds. The van der Waals surface area contributed by atoms with Crippen LogP contribution in [0.5, 0.6) is 0 Å². The SMILES string of the molecule is CCCCCCCCCCCCCCCCCCCCOCC(CO)OC(=O)CCCCCCCCCCCCCCCC. The zero-order chi connectivity index (χ0) is 32.0. The minimum atomic E-state index is -0.523. The number of rotatable bonds is 38. The second-order valence-corrected chi connectivity index (χ2v) is 13.7. The lowest BCUT2D eigenvalue weighted by Crippen LogP contribution is -2.27. The van der Waals surface area contributed by atoms with Crippen LogP contribution in [0, 0.1) is 0 Å². The summed E-state index contributed by atoms with van der Waals surface area (Å²) in [6, 6.07) is 0. The third kappa shape index (κ3) is 35.9. The van der Waals surface area contributed by atoms with Gasteiger partial charge in [-0.2, -0.15) is 0 Å². The van der Waals surface area contributed by atoms with Gasteiger partial charge in [-0.3, -0.25) is 4.79 Å². The number of ether oxygens (including phenoxy) is 2. The van der Waals surface area contributed by atoms with Gasteiger partial charge in [0.25, 0.3) is 0 Å². The quantitative estimate of drug-likeness (QED) is 0.0548. The van der Waals surface area contributed by atoms with E-state index in [1.54, 1.807) is 0 Å². The first-order valence-corrected chi connectivity index (χ1v) is 20.1. The summed E-state index contributed by atoms with van der Waals surface area (Å²) in [6.07, 6.45) is 42.9. The van der Waals surface area contributed by atoms with Crippen molar-refractivity contribution in [1.82, 2.24) is 0 Å². The Morgan fingerprint density at radius 1 is 0.455 bits per heavy atom. The molecule has 0 spiro atoms. The van der Waals surface area contributed by atoms with Crippen LogP contribution >= 0.6 is 0 Å². The van der Waals surface area contributed by atoms with E-state index in [1.807, 2.05) is 0 Å². The number of aliphatic hydroxyl groups is 1. The lowest BCUT2D eigenvalue weighted by molar-refractivity contribution is -0.154. The minimum absolute atomic E-state index is 0.163. The van der Waals surface area contributed by atoms with Crippen molar-refractivity contribution >= 4 is 5.97 Å². The van der Waals surface area contributed by atoms with Crippen LogP contribution in [0.4, 0.5) is 0 Å². The number of hydrogen-bond acceptors (Lipinski definition) is 4. The predicted octanol–water partition coefficient (Wildman–Crippen LogP) is 12.8. The Morgan fingerprint density at radius 3 is 1.07 bits per heavy atom. The molecule has 0 aliphatic heterocycles. The van der Waals surface area contributed by atoms with Gasteiger partial charge in [0.1, 0.15) is 6.10 Å². The molecule has 0 aromatic carbocycles. The van der Waals surface area contributed by atoms with Crippen LogP contribution in [0.3, 0.4) is 0 Å². The summed E-state index contributed by atoms with van der Waals surface area (Å²) in [5.41, 5.74) is 0. The summed E-state index contributed by atoms with van der Waals surface area (Å²) >= 11 is 0. The van der Waals surface area contributed by atoms with E-state index in [0.29, 0.717) is 19.6 Å². The minimum Gasteiger partial charge on any atom is -0.457 e. The topological polar surface area (TPSA) is 55.8 Å². The molecule has 0 rings (SSSR count). The number of esters is 1. The van der Waals surface area contributed by atoms with Gasteiger partial charge in [0.15, 0.2) is 0 Å². The molecule has 1 N–H and O–H groups in total. The van der Waals surface area contributed by atoms with Crippen molar-refractivity contribution in [3.63, 3.8) is 0 Å². The maximum atomic E-state index is 12.2. The lowest BCUT2D eigenvalue weighted by Gasteiger charge is -2.16. The van der Waals surface area contributed by atoms with Crippen LogP contribution in [0.2, 0.25) is 0 Å². The largest absolute Gasteiger partial charge is 0.457 e. The highest BCUT2D eigenvalue weighted by Crippen LogP contribution is 2.16. The van der Waals surface area contributed by atoms with E-state index in [0.717, 1.165) is 19.3 Å². The highest BCUT2D eigenvalue weighted by molar-refractivity contribution is 5.69. The zero-order valence-electron chi connectivity index (χ0n) is 30.2. The van der Waals surface area contributed by atoms with Crippen molar-refractivity contribution in [2.75, 3.05) is 19.8 Å². The number of aliphatic hydroxyl groups excluding tert-OH is 1. The first-order chi connectivity index (χ1) is 21.7. The molecule has 4 heteroatoms. The Bertz CT molecular complexity index is 537. The Labute approximate surface area is 276 Å². The molecule has 0 fully saturated rings. The monoisotopic (exact) mass is 625 g/mol. The molecule has 0 aliphatic carbocycles. The van der Waals surface area contributed by atoms with Crippen molar-refractivity contribution in [2.45, 2.75) is 232 Å². The van der Waals surface area contributed by atoms with E-state index in [2.05, 4.69) is 13.8 Å². The Balaban J connectivity index is 3.35. The number of carbonyl (C=O) groups is 1. The molecule has 0 aromatic heterocycles. The summed E-state index contributed by atoms with van der Waals surface area (Å²) in [7, 11) is 0. The normalized spacial score (nSPS) is 12.2. The average molecular weight is 625 g/mol. The van der Waals surface area contributed by atoms with Gasteiger partial charge in [0.2, 0.25) is 0 Å². The number of unbranched alkanes of at least 4 members (excludes halogenated alkanes) is 30. The summed E-state index contributed by atoms with van der Waals surface area (Å²) in [5, 5.41) is 9.57. The van der Waals surface area contributed by atoms with Crippen LogP contribution in [0.1, 0.15) is 226 Å². The number of hydrogen-bond donors (Lipinski definition) is 1. The van der Waals surface area contributed by atoms with E-state index in [-0.39, 0.29) is 12.6 Å². The summed E-state index contributed by atoms with van der Waals surface area (Å²) in [4.78, 5) is 12.2. The first-order valence-electron chi connectivity index (χ1n) is 20.1. The van der Waals surface area contributed by atoms with Crippen LogP contribution < -0.4 is 0 Å². The van der Waals surface area contributed by atoms with Crippen molar-refractivity contribution in [2.24, 2.45) is 0 Å². The molecule has 0 bridgehead atoms. The van der Waals surface area contributed by atoms with E-state index in [4.69, 9.17) is 9.47 Å². The molecule has 1 atom stereocenters. The van der Waals surface area contributed by atoms with Gasteiger partial charge in [-0.25, -0.2) is 0 Å². The average Bonchev–Trinajstić information content (AvgIpc) is 3.03. The fraction of sp³-hybridized carbons (Fsp3) is 0.975. The Morgan fingerprint density at radius 2 is 0.750 bits per heavy atom. The second-order valence-electron chi connectivity index (χ2n) is 13.7. The van der Waals surface area contributed by atoms with E-state index >= 15 is 0 Å². The molecule has 264 valence electrons. The van der Waals surface area contributed by atoms with Gasteiger partial charge in [-0.05, 0) is 12.8 Å². The molecular formula is C40H80O4. The Kier molecular flexibility index (Phi) is 38.0. The van der Waals surface area contributed by atoms with Crippen molar-refractivity contribution in [3.8, 4) is 0 Å². The molecule has 0 aliphatic rings. The summed E-state index contributed by atoms with van der Waals surface area (Å²) < 4.78 is 11.1. The lowest BCUT2D eigenvalue weighted by atomic mass is 10.0.